The van der Waals surface area contributed by atoms with Crippen LogP contribution in [-0.4, -0.2) is 56.3 Å². The molecule has 0 saturated heterocycles. The van der Waals surface area contributed by atoms with Crippen molar-refractivity contribution < 1.29 is 59.5 Å². The monoisotopic (exact) mass is 496 g/mol. The van der Waals surface area contributed by atoms with Crippen LogP contribution < -0.4 is 0 Å². The Hall–Kier alpha value is -4.80. The van der Waals surface area contributed by atoms with Crippen molar-refractivity contribution in [1.29, 1.82) is 0 Å². The third-order valence-electron chi connectivity index (χ3n) is 2.75. The first-order valence-corrected chi connectivity index (χ1v) is 7.89. The second-order valence-corrected chi connectivity index (χ2v) is 5.68. The average Bonchev–Trinajstić information content (AvgIpc) is 2.62. The summed E-state index contributed by atoms with van der Waals surface area (Å²) in [6, 6.07) is 0. The minimum atomic E-state index is -2.98. The Morgan fingerprint density at radius 2 is 0.848 bits per heavy atom. The molecule has 0 unspecified atom stereocenters. The van der Waals surface area contributed by atoms with Crippen LogP contribution in [-0.2, 0) is 29.0 Å². The predicted octanol–water partition coefficient (Wildman–Crippen LogP) is -0.317. The summed E-state index contributed by atoms with van der Waals surface area (Å²) < 4.78 is 0. The third-order valence-corrected chi connectivity index (χ3v) is 2.75. The van der Waals surface area contributed by atoms with Crippen LogP contribution in [0.4, 0.5) is 0 Å². The van der Waals surface area contributed by atoms with E-state index in [2.05, 4.69) is 29.0 Å². The van der Waals surface area contributed by atoms with E-state index in [1.165, 1.54) is 13.8 Å². The van der Waals surface area contributed by atoms with E-state index >= 15 is 0 Å². The van der Waals surface area contributed by atoms with Crippen LogP contribution in [0.2, 0.25) is 0 Å². The van der Waals surface area contributed by atoms with Crippen LogP contribution in [0.25, 0.3) is 0 Å². The second kappa shape index (κ2) is 14.2. The first-order valence-electron chi connectivity index (χ1n) is 7.89. The van der Waals surface area contributed by atoms with E-state index < -0.39 is 68.1 Å². The molecule has 190 valence electrons. The molecule has 0 amide bonds. The standard InChI is InChI=1S/C5H9N3O9.C4H7N3O9/c1-5(2-15-6(9)10,3-16-7(11)12)4-17-8(13)14;1-2-3-4(14-5(8)9,15-6(10)11)16-7(12)13/h2-4H2,1H3;2-3H2,1H3. The number of rotatable bonds is 17. The molecule has 33 heavy (non-hydrogen) atoms. The molecule has 0 aliphatic rings. The summed E-state index contributed by atoms with van der Waals surface area (Å²) in [7, 11) is 0. The van der Waals surface area contributed by atoms with Gasteiger partial charge in [0.05, 0.1) is 0 Å². The van der Waals surface area contributed by atoms with Crippen molar-refractivity contribution in [3.63, 3.8) is 0 Å². The molecule has 0 N–H and O–H groups in total. The molecule has 0 atom stereocenters. The predicted molar refractivity (Wildman–Crippen MR) is 88.8 cm³/mol. The van der Waals surface area contributed by atoms with Gasteiger partial charge >= 0.3 is 5.97 Å². The number of hydrogen-bond donors (Lipinski definition) is 0. The van der Waals surface area contributed by atoms with Crippen molar-refractivity contribution in [1.82, 2.24) is 0 Å². The van der Waals surface area contributed by atoms with E-state index in [0.717, 1.165) is 0 Å². The van der Waals surface area contributed by atoms with Crippen molar-refractivity contribution in [3.05, 3.63) is 60.7 Å². The maximum Gasteiger partial charge on any atom is 0.407 e. The smallest absolute Gasteiger partial charge is 0.313 e. The molecule has 0 heterocycles. The first kappa shape index (κ1) is 30.4. The molecule has 0 saturated carbocycles. The number of nitrogens with zero attached hydrogens (tertiary/aromatic N) is 6. The molecule has 0 aromatic heterocycles. The van der Waals surface area contributed by atoms with Gasteiger partial charge in [-0.05, 0) is 6.42 Å². The first-order chi connectivity index (χ1) is 15.1. The lowest BCUT2D eigenvalue weighted by Gasteiger charge is -2.25. The van der Waals surface area contributed by atoms with Gasteiger partial charge in [0, 0.05) is 11.8 Å². The molecule has 0 rings (SSSR count). The van der Waals surface area contributed by atoms with Crippen molar-refractivity contribution >= 4 is 0 Å². The van der Waals surface area contributed by atoms with Gasteiger partial charge in [0.15, 0.2) is 0 Å². The van der Waals surface area contributed by atoms with E-state index in [9.17, 15) is 60.7 Å². The zero-order valence-corrected chi connectivity index (χ0v) is 16.6. The summed E-state index contributed by atoms with van der Waals surface area (Å²) >= 11 is 0. The Bertz CT molecular complexity index is 627. The van der Waals surface area contributed by atoms with E-state index in [-0.39, 0.29) is 6.42 Å². The average molecular weight is 496 g/mol. The van der Waals surface area contributed by atoms with Gasteiger partial charge in [-0.3, -0.25) is 14.5 Å². The summed E-state index contributed by atoms with van der Waals surface area (Å²) in [6.07, 6.45) is -0.522. The Balaban J connectivity index is 0. The molecular formula is C9H16N6O18. The van der Waals surface area contributed by atoms with E-state index in [4.69, 9.17) is 0 Å². The van der Waals surface area contributed by atoms with E-state index in [0.29, 0.717) is 0 Å². The summed E-state index contributed by atoms with van der Waals surface area (Å²) in [4.78, 5) is 83.0. The van der Waals surface area contributed by atoms with Crippen LogP contribution in [0.15, 0.2) is 0 Å². The van der Waals surface area contributed by atoms with Crippen LogP contribution in [0, 0.1) is 66.1 Å². The van der Waals surface area contributed by atoms with Crippen LogP contribution in [0.3, 0.4) is 0 Å². The van der Waals surface area contributed by atoms with Gasteiger partial charge in [0.1, 0.15) is 19.8 Å². The van der Waals surface area contributed by atoms with Crippen LogP contribution >= 0.6 is 0 Å². The molecule has 0 aromatic carbocycles. The molecular weight excluding hydrogens is 480 g/mol. The van der Waals surface area contributed by atoms with Crippen molar-refractivity contribution in [3.8, 4) is 0 Å². The maximum absolute atomic E-state index is 10.0. The minimum absolute atomic E-state index is 0.0511. The Morgan fingerprint density at radius 3 is 1.03 bits per heavy atom. The highest BCUT2D eigenvalue weighted by Crippen LogP contribution is 2.22. The van der Waals surface area contributed by atoms with Crippen molar-refractivity contribution in [2.45, 2.75) is 32.7 Å². The molecule has 0 radical (unpaired) electrons. The minimum Gasteiger partial charge on any atom is -0.313 e. The lowest BCUT2D eigenvalue weighted by molar-refractivity contribution is -0.955. The molecule has 0 bridgehead atoms. The highest BCUT2D eigenvalue weighted by molar-refractivity contribution is 4.71. The van der Waals surface area contributed by atoms with E-state index in [1.54, 1.807) is 0 Å². The summed E-state index contributed by atoms with van der Waals surface area (Å²) in [5.74, 6) is -2.98. The molecule has 0 fully saturated rings. The van der Waals surface area contributed by atoms with Gasteiger partial charge in [0.2, 0.25) is 0 Å². The lowest BCUT2D eigenvalue weighted by Crippen LogP contribution is -2.44. The summed E-state index contributed by atoms with van der Waals surface area (Å²) in [5.41, 5.74) is -1.40. The fraction of sp³-hybridized carbons (Fsp3) is 1.00. The fourth-order valence-electron chi connectivity index (χ4n) is 1.58. The van der Waals surface area contributed by atoms with Gasteiger partial charge in [-0.2, -0.15) is 0 Å². The summed E-state index contributed by atoms with van der Waals surface area (Å²) in [5, 5.41) is 52.1. The highest BCUT2D eigenvalue weighted by atomic mass is 17.2. The molecule has 0 spiro atoms. The lowest BCUT2D eigenvalue weighted by atomic mass is 9.95. The molecule has 24 nitrogen and oxygen atoms in total. The molecule has 0 aliphatic heterocycles. The largest absolute Gasteiger partial charge is 0.407 e. The zero-order chi connectivity index (χ0) is 26.2. The summed E-state index contributed by atoms with van der Waals surface area (Å²) in [6.45, 7) is 0.763. The van der Waals surface area contributed by atoms with Crippen molar-refractivity contribution in [2.75, 3.05) is 19.8 Å². The van der Waals surface area contributed by atoms with Crippen molar-refractivity contribution in [2.24, 2.45) is 5.41 Å². The fourth-order valence-corrected chi connectivity index (χ4v) is 1.58. The Kier molecular flexibility index (Phi) is 13.1. The topological polar surface area (TPSA) is 314 Å². The van der Waals surface area contributed by atoms with Gasteiger partial charge in [-0.15, -0.1) is 60.7 Å². The Labute approximate surface area is 179 Å². The zero-order valence-electron chi connectivity index (χ0n) is 16.6. The maximum atomic E-state index is 10.0. The number of hydrogen-bond acceptors (Lipinski definition) is 18. The van der Waals surface area contributed by atoms with E-state index in [1.807, 2.05) is 0 Å². The normalized spacial score (nSPS) is 10.4. The SMILES string of the molecule is CC(CO[N+](=O)[O-])(CO[N+](=O)[O-])CO[N+](=O)[O-].CCCC(O[N+](=O)[O-])(O[N+](=O)[O-])O[N+](=O)[O-]. The van der Waals surface area contributed by atoms with Gasteiger partial charge in [-0.1, -0.05) is 13.8 Å². The quantitative estimate of drug-likeness (QED) is 0.141. The Morgan fingerprint density at radius 1 is 0.576 bits per heavy atom. The molecule has 0 aromatic rings. The van der Waals surface area contributed by atoms with Crippen LogP contribution in [0.5, 0.6) is 0 Å². The van der Waals surface area contributed by atoms with Gasteiger partial charge in [-0.25, -0.2) is 0 Å². The second-order valence-electron chi connectivity index (χ2n) is 5.68. The van der Waals surface area contributed by atoms with Gasteiger partial charge < -0.3 is 14.5 Å². The molecule has 24 heteroatoms. The van der Waals surface area contributed by atoms with Gasteiger partial charge in [0.25, 0.3) is 30.5 Å². The third kappa shape index (κ3) is 16.7. The van der Waals surface area contributed by atoms with Crippen LogP contribution in [0.1, 0.15) is 26.7 Å². The highest BCUT2D eigenvalue weighted by Gasteiger charge is 2.43. The molecule has 0 aliphatic carbocycles.